The highest BCUT2D eigenvalue weighted by atomic mass is 19.4. The summed E-state index contributed by atoms with van der Waals surface area (Å²) in [6, 6.07) is 0. The predicted molar refractivity (Wildman–Crippen MR) is 106 cm³/mol. The summed E-state index contributed by atoms with van der Waals surface area (Å²) >= 11 is 0. The number of halogens is 3. The fraction of sp³-hybridized carbons (Fsp3) is 1.00. The maximum atomic E-state index is 13.3. The minimum absolute atomic E-state index is 0.122. The first-order valence-corrected chi connectivity index (χ1v) is 11.6. The van der Waals surface area contributed by atoms with Gasteiger partial charge in [-0.25, -0.2) is 0 Å². The van der Waals surface area contributed by atoms with Crippen molar-refractivity contribution in [2.75, 3.05) is 0 Å². The van der Waals surface area contributed by atoms with E-state index in [1.165, 1.54) is 25.7 Å². The first kappa shape index (κ1) is 21.5. The Balaban J connectivity index is 1.86. The average molecular weight is 387 g/mol. The molecule has 3 rings (SSSR count). The molecule has 0 radical (unpaired) electrons. The zero-order chi connectivity index (χ0) is 20.0. The molecule has 0 aromatic carbocycles. The molecular formula is C24H41F3. The van der Waals surface area contributed by atoms with E-state index in [0.29, 0.717) is 17.3 Å². The van der Waals surface area contributed by atoms with E-state index in [-0.39, 0.29) is 11.3 Å². The van der Waals surface area contributed by atoms with Gasteiger partial charge in [0.1, 0.15) is 0 Å². The van der Waals surface area contributed by atoms with E-state index in [9.17, 15) is 13.2 Å². The summed E-state index contributed by atoms with van der Waals surface area (Å²) in [5, 5.41) is 0. The molecule has 0 aromatic heterocycles. The summed E-state index contributed by atoms with van der Waals surface area (Å²) in [7, 11) is 0. The molecule has 0 N–H and O–H groups in total. The lowest BCUT2D eigenvalue weighted by atomic mass is 9.45. The number of rotatable bonds is 5. The zero-order valence-corrected chi connectivity index (χ0v) is 18.2. The lowest BCUT2D eigenvalue weighted by molar-refractivity contribution is -0.178. The van der Waals surface area contributed by atoms with Gasteiger partial charge in [0.25, 0.3) is 0 Å². The third-order valence-electron chi connectivity index (χ3n) is 9.74. The van der Waals surface area contributed by atoms with Crippen LogP contribution in [-0.4, -0.2) is 6.18 Å². The molecule has 0 aromatic rings. The summed E-state index contributed by atoms with van der Waals surface area (Å²) in [5.74, 6) is 3.35. The highest BCUT2D eigenvalue weighted by Gasteiger charge is 2.60. The molecule has 0 aliphatic heterocycles. The average Bonchev–Trinajstić information content (AvgIpc) is 2.93. The molecule has 8 atom stereocenters. The Morgan fingerprint density at radius 1 is 0.963 bits per heavy atom. The molecule has 0 nitrogen and oxygen atoms in total. The van der Waals surface area contributed by atoms with Gasteiger partial charge in [-0.1, -0.05) is 47.5 Å². The van der Waals surface area contributed by atoms with E-state index >= 15 is 0 Å². The highest BCUT2D eigenvalue weighted by molar-refractivity contribution is 5.08. The number of alkyl halides is 3. The van der Waals surface area contributed by atoms with Crippen LogP contribution in [0.3, 0.4) is 0 Å². The quantitative estimate of drug-likeness (QED) is 0.446. The van der Waals surface area contributed by atoms with Crippen LogP contribution in [0.5, 0.6) is 0 Å². The van der Waals surface area contributed by atoms with Gasteiger partial charge in [0.05, 0.1) is 0 Å². The van der Waals surface area contributed by atoms with Gasteiger partial charge >= 0.3 is 6.18 Å². The summed E-state index contributed by atoms with van der Waals surface area (Å²) in [6.45, 7) is 11.7. The maximum Gasteiger partial charge on any atom is 0.389 e. The van der Waals surface area contributed by atoms with Crippen molar-refractivity contribution < 1.29 is 13.2 Å². The van der Waals surface area contributed by atoms with Crippen molar-refractivity contribution in [2.45, 2.75) is 105 Å². The van der Waals surface area contributed by atoms with Crippen LogP contribution in [0.25, 0.3) is 0 Å². The van der Waals surface area contributed by atoms with Crippen LogP contribution in [0.2, 0.25) is 0 Å². The Hall–Kier alpha value is -0.210. The first-order valence-electron chi connectivity index (χ1n) is 11.6. The van der Waals surface area contributed by atoms with E-state index in [0.717, 1.165) is 49.9 Å². The molecule has 3 fully saturated rings. The Labute approximate surface area is 165 Å². The number of hydrogen-bond donors (Lipinski definition) is 0. The molecule has 0 bridgehead atoms. The van der Waals surface area contributed by atoms with Crippen LogP contribution < -0.4 is 0 Å². The Morgan fingerprint density at radius 2 is 1.67 bits per heavy atom. The van der Waals surface area contributed by atoms with Crippen molar-refractivity contribution in [2.24, 2.45) is 46.3 Å². The standard InChI is InChI=1S/C24H41F3/c1-6-13-22(4)17(15-24(25,26)27)8-9-18-20-11-10-19(16(3)7-2)23(20,5)14-12-21(18)22/h16-21H,6-15H2,1-5H3. The van der Waals surface area contributed by atoms with Gasteiger partial charge in [0, 0.05) is 6.42 Å². The summed E-state index contributed by atoms with van der Waals surface area (Å²) in [4.78, 5) is 0. The third-order valence-corrected chi connectivity index (χ3v) is 9.74. The van der Waals surface area contributed by atoms with Gasteiger partial charge in [-0.15, -0.1) is 0 Å². The molecule has 3 aliphatic rings. The van der Waals surface area contributed by atoms with Gasteiger partial charge in [-0.3, -0.25) is 0 Å². The zero-order valence-electron chi connectivity index (χ0n) is 18.2. The maximum absolute atomic E-state index is 13.3. The van der Waals surface area contributed by atoms with Crippen LogP contribution in [0.4, 0.5) is 13.2 Å². The number of fused-ring (bicyclic) bond motifs is 3. The van der Waals surface area contributed by atoms with Crippen molar-refractivity contribution >= 4 is 0 Å². The fourth-order valence-corrected chi connectivity index (χ4v) is 8.34. The SMILES string of the molecule is CCCC1(C)C(CC(F)(F)F)CCC2C1CCC1(C)C(C(C)CC)CCC21. The van der Waals surface area contributed by atoms with Crippen LogP contribution in [-0.2, 0) is 0 Å². The van der Waals surface area contributed by atoms with Crippen LogP contribution in [0.15, 0.2) is 0 Å². The fourth-order valence-electron chi connectivity index (χ4n) is 8.34. The van der Waals surface area contributed by atoms with Gasteiger partial charge in [-0.2, -0.15) is 13.2 Å². The van der Waals surface area contributed by atoms with Gasteiger partial charge in [0.15, 0.2) is 0 Å². The van der Waals surface area contributed by atoms with Crippen LogP contribution >= 0.6 is 0 Å². The third kappa shape index (κ3) is 3.70. The van der Waals surface area contributed by atoms with Gasteiger partial charge in [-0.05, 0) is 91.3 Å². The van der Waals surface area contributed by atoms with Crippen molar-refractivity contribution in [3.63, 3.8) is 0 Å². The topological polar surface area (TPSA) is 0 Å². The molecule has 3 heteroatoms. The number of hydrogen-bond acceptors (Lipinski definition) is 0. The molecule has 0 amide bonds. The molecule has 8 unspecified atom stereocenters. The van der Waals surface area contributed by atoms with E-state index in [1.807, 2.05) is 0 Å². The minimum atomic E-state index is -4.02. The molecule has 0 saturated heterocycles. The van der Waals surface area contributed by atoms with Gasteiger partial charge < -0.3 is 0 Å². The van der Waals surface area contributed by atoms with Crippen molar-refractivity contribution in [3.8, 4) is 0 Å². The van der Waals surface area contributed by atoms with Crippen molar-refractivity contribution in [3.05, 3.63) is 0 Å². The molecule has 3 saturated carbocycles. The molecule has 158 valence electrons. The molecule has 27 heavy (non-hydrogen) atoms. The lowest BCUT2D eigenvalue weighted by Crippen LogP contribution is -2.52. The van der Waals surface area contributed by atoms with Crippen molar-refractivity contribution in [1.29, 1.82) is 0 Å². The second-order valence-electron chi connectivity index (χ2n) is 10.8. The van der Waals surface area contributed by atoms with Crippen LogP contribution in [0, 0.1) is 46.3 Å². The Morgan fingerprint density at radius 3 is 2.26 bits per heavy atom. The van der Waals surface area contributed by atoms with E-state index < -0.39 is 12.6 Å². The van der Waals surface area contributed by atoms with Crippen molar-refractivity contribution in [1.82, 2.24) is 0 Å². The monoisotopic (exact) mass is 386 g/mol. The van der Waals surface area contributed by atoms with E-state index in [4.69, 9.17) is 0 Å². The summed E-state index contributed by atoms with van der Waals surface area (Å²) in [6.07, 6.45) is 5.53. The molecule has 3 aliphatic carbocycles. The lowest BCUT2D eigenvalue weighted by Gasteiger charge is -2.59. The minimum Gasteiger partial charge on any atom is -0.171 e. The van der Waals surface area contributed by atoms with E-state index in [2.05, 4.69) is 34.6 Å². The second-order valence-corrected chi connectivity index (χ2v) is 10.8. The van der Waals surface area contributed by atoms with Crippen LogP contribution in [0.1, 0.15) is 98.8 Å². The highest BCUT2D eigenvalue weighted by Crippen LogP contribution is 2.67. The normalized spacial score (nSPS) is 46.0. The Kier molecular flexibility index (Phi) is 6.02. The smallest absolute Gasteiger partial charge is 0.171 e. The first-order chi connectivity index (χ1) is 12.6. The van der Waals surface area contributed by atoms with Gasteiger partial charge in [0.2, 0.25) is 0 Å². The molecule has 0 spiro atoms. The molecule has 0 heterocycles. The predicted octanol–water partition coefficient (Wildman–Crippen LogP) is 8.26. The summed E-state index contributed by atoms with van der Waals surface area (Å²) < 4.78 is 39.9. The second kappa shape index (κ2) is 7.56. The Bertz CT molecular complexity index is 512. The summed E-state index contributed by atoms with van der Waals surface area (Å²) in [5.41, 5.74) is 0.309. The molecular weight excluding hydrogens is 345 g/mol. The largest absolute Gasteiger partial charge is 0.389 e. The van der Waals surface area contributed by atoms with E-state index in [1.54, 1.807) is 0 Å².